The van der Waals surface area contributed by atoms with Crippen molar-refractivity contribution >= 4 is 33.7 Å². The molecule has 7 heteroatoms. The van der Waals surface area contributed by atoms with Gasteiger partial charge in [-0.15, -0.1) is 10.2 Å². The first kappa shape index (κ1) is 18.9. The Labute approximate surface area is 172 Å². The van der Waals surface area contributed by atoms with E-state index in [0.717, 1.165) is 22.0 Å². The number of benzene rings is 4. The van der Waals surface area contributed by atoms with Gasteiger partial charge in [-0.1, -0.05) is 66.7 Å². The predicted molar refractivity (Wildman–Crippen MR) is 118 cm³/mol. The Kier molecular flexibility index (Phi) is 5.52. The molecule has 4 rings (SSSR count). The van der Waals surface area contributed by atoms with Crippen LogP contribution in [0.3, 0.4) is 0 Å². The van der Waals surface area contributed by atoms with Crippen molar-refractivity contribution in [3.05, 3.63) is 113 Å². The quantitative estimate of drug-likeness (QED) is 0.141. The third-order valence-corrected chi connectivity index (χ3v) is 4.42. The van der Waals surface area contributed by atoms with Crippen molar-refractivity contribution in [2.24, 2.45) is 15.3 Å². The molecule has 4 aromatic carbocycles. The fourth-order valence-electron chi connectivity index (χ4n) is 2.90. The summed E-state index contributed by atoms with van der Waals surface area (Å²) < 4.78 is 0. The first-order valence-electron chi connectivity index (χ1n) is 9.24. The number of rotatable bonds is 5. The van der Waals surface area contributed by atoms with Crippen LogP contribution < -0.4 is 5.43 Å². The Morgan fingerprint density at radius 3 is 2.27 bits per heavy atom. The number of azo groups is 1. The van der Waals surface area contributed by atoms with Gasteiger partial charge in [-0.2, -0.15) is 5.10 Å². The Hall–Kier alpha value is -4.39. The zero-order chi connectivity index (χ0) is 20.8. The van der Waals surface area contributed by atoms with Crippen LogP contribution in [0.2, 0.25) is 0 Å². The summed E-state index contributed by atoms with van der Waals surface area (Å²) in [6.07, 6.45) is 0. The standard InChI is InChI=1S/C23H17N5O2/c29-28(30)20-15-13-19(14-16-20)24-26-23(18-8-2-1-3-9-18)27-25-22-12-6-10-17-7-4-5-11-21(17)22/h1-16,24H/b26-23+,27-25?. The number of hydrogen-bond donors (Lipinski definition) is 1. The van der Waals surface area contributed by atoms with E-state index in [1.807, 2.05) is 72.8 Å². The van der Waals surface area contributed by atoms with Crippen LogP contribution >= 0.6 is 0 Å². The van der Waals surface area contributed by atoms with E-state index in [9.17, 15) is 10.1 Å². The van der Waals surface area contributed by atoms with E-state index in [4.69, 9.17) is 0 Å². The minimum atomic E-state index is -0.444. The molecule has 0 aliphatic heterocycles. The fraction of sp³-hybridized carbons (Fsp3) is 0. The van der Waals surface area contributed by atoms with Crippen molar-refractivity contribution < 1.29 is 4.92 Å². The number of non-ortho nitro benzene ring substituents is 1. The summed E-state index contributed by atoms with van der Waals surface area (Å²) in [5, 5.41) is 26.1. The maximum absolute atomic E-state index is 10.8. The monoisotopic (exact) mass is 395 g/mol. The van der Waals surface area contributed by atoms with Gasteiger partial charge in [-0.3, -0.25) is 15.5 Å². The van der Waals surface area contributed by atoms with Gasteiger partial charge in [0.05, 0.1) is 16.3 Å². The van der Waals surface area contributed by atoms with Gasteiger partial charge in [0.25, 0.3) is 5.69 Å². The van der Waals surface area contributed by atoms with Crippen LogP contribution in [0.5, 0.6) is 0 Å². The second kappa shape index (κ2) is 8.74. The highest BCUT2D eigenvalue weighted by molar-refractivity contribution is 6.00. The lowest BCUT2D eigenvalue weighted by molar-refractivity contribution is -0.384. The largest absolute Gasteiger partial charge is 0.276 e. The predicted octanol–water partition coefficient (Wildman–Crippen LogP) is 6.31. The highest BCUT2D eigenvalue weighted by Gasteiger charge is 2.06. The van der Waals surface area contributed by atoms with Crippen LogP contribution in [0.1, 0.15) is 5.56 Å². The molecule has 0 amide bonds. The summed E-state index contributed by atoms with van der Waals surface area (Å²) >= 11 is 0. The molecule has 146 valence electrons. The third-order valence-electron chi connectivity index (χ3n) is 4.42. The molecule has 1 N–H and O–H groups in total. The van der Waals surface area contributed by atoms with E-state index < -0.39 is 4.92 Å². The van der Waals surface area contributed by atoms with E-state index in [-0.39, 0.29) is 5.69 Å². The molecular weight excluding hydrogens is 378 g/mol. The highest BCUT2D eigenvalue weighted by atomic mass is 16.6. The summed E-state index contributed by atoms with van der Waals surface area (Å²) in [4.78, 5) is 10.4. The lowest BCUT2D eigenvalue weighted by Crippen LogP contribution is -2.01. The zero-order valence-electron chi connectivity index (χ0n) is 15.8. The van der Waals surface area contributed by atoms with Gasteiger partial charge in [0, 0.05) is 23.1 Å². The van der Waals surface area contributed by atoms with Crippen molar-refractivity contribution in [3.63, 3.8) is 0 Å². The van der Waals surface area contributed by atoms with Crippen molar-refractivity contribution in [2.45, 2.75) is 0 Å². The van der Waals surface area contributed by atoms with Crippen LogP contribution in [0, 0.1) is 10.1 Å². The first-order valence-corrected chi connectivity index (χ1v) is 9.24. The summed E-state index contributed by atoms with van der Waals surface area (Å²) in [5.74, 6) is 0.391. The van der Waals surface area contributed by atoms with Gasteiger partial charge >= 0.3 is 0 Å². The molecule has 0 bridgehead atoms. The number of anilines is 1. The van der Waals surface area contributed by atoms with Crippen LogP contribution in [0.4, 0.5) is 17.1 Å². The Bertz CT molecular complexity index is 1230. The molecule has 7 nitrogen and oxygen atoms in total. The lowest BCUT2D eigenvalue weighted by atomic mass is 10.1. The van der Waals surface area contributed by atoms with Crippen LogP contribution in [-0.2, 0) is 0 Å². The number of nitro benzene ring substituents is 1. The Morgan fingerprint density at radius 2 is 1.50 bits per heavy atom. The van der Waals surface area contributed by atoms with Crippen molar-refractivity contribution in [1.82, 2.24) is 0 Å². The topological polar surface area (TPSA) is 92.2 Å². The molecule has 0 atom stereocenters. The molecule has 0 heterocycles. The third kappa shape index (κ3) is 4.36. The van der Waals surface area contributed by atoms with Gasteiger partial charge in [0.1, 0.15) is 0 Å². The van der Waals surface area contributed by atoms with Crippen LogP contribution in [-0.4, -0.2) is 10.8 Å². The minimum Gasteiger partial charge on any atom is -0.276 e. The maximum atomic E-state index is 10.8. The molecule has 0 saturated carbocycles. The Morgan fingerprint density at radius 1 is 0.800 bits per heavy atom. The van der Waals surface area contributed by atoms with Gasteiger partial charge in [0.2, 0.25) is 5.84 Å². The highest BCUT2D eigenvalue weighted by Crippen LogP contribution is 2.26. The van der Waals surface area contributed by atoms with Crippen LogP contribution in [0.25, 0.3) is 10.8 Å². The van der Waals surface area contributed by atoms with Gasteiger partial charge in [-0.25, -0.2) is 0 Å². The van der Waals surface area contributed by atoms with Crippen LogP contribution in [0.15, 0.2) is 112 Å². The first-order chi connectivity index (χ1) is 14.7. The number of hydrazone groups is 1. The van der Waals surface area contributed by atoms with Gasteiger partial charge < -0.3 is 0 Å². The molecule has 30 heavy (non-hydrogen) atoms. The fourth-order valence-corrected chi connectivity index (χ4v) is 2.90. The molecule has 0 saturated heterocycles. The number of hydrogen-bond acceptors (Lipinski definition) is 5. The van der Waals surface area contributed by atoms with Crippen molar-refractivity contribution in [2.75, 3.05) is 5.43 Å². The lowest BCUT2D eigenvalue weighted by Gasteiger charge is -2.04. The number of fused-ring (bicyclic) bond motifs is 1. The smallest absolute Gasteiger partial charge is 0.269 e. The van der Waals surface area contributed by atoms with E-state index in [1.165, 1.54) is 12.1 Å². The molecule has 0 aliphatic rings. The van der Waals surface area contributed by atoms with E-state index in [2.05, 4.69) is 20.8 Å². The van der Waals surface area contributed by atoms with Crippen molar-refractivity contribution in [1.29, 1.82) is 0 Å². The normalized spacial score (nSPS) is 11.7. The molecule has 4 aromatic rings. The summed E-state index contributed by atoms with van der Waals surface area (Å²) in [5.41, 5.74) is 5.05. The second-order valence-corrected chi connectivity index (χ2v) is 6.42. The summed E-state index contributed by atoms with van der Waals surface area (Å²) in [6.45, 7) is 0. The molecular formula is C23H17N5O2. The number of nitrogens with zero attached hydrogens (tertiary/aromatic N) is 4. The van der Waals surface area contributed by atoms with Gasteiger partial charge in [-0.05, 0) is 23.6 Å². The van der Waals surface area contributed by atoms with E-state index in [0.29, 0.717) is 11.5 Å². The molecule has 0 fully saturated rings. The average Bonchev–Trinajstić information content (AvgIpc) is 2.80. The second-order valence-electron chi connectivity index (χ2n) is 6.42. The number of nitrogens with one attached hydrogen (secondary N) is 1. The van der Waals surface area contributed by atoms with E-state index >= 15 is 0 Å². The molecule has 0 spiro atoms. The molecule has 0 unspecified atom stereocenters. The van der Waals surface area contributed by atoms with Gasteiger partial charge in [0.15, 0.2) is 0 Å². The number of amidine groups is 1. The summed E-state index contributed by atoms with van der Waals surface area (Å²) in [7, 11) is 0. The average molecular weight is 395 g/mol. The molecule has 0 radical (unpaired) electrons. The zero-order valence-corrected chi connectivity index (χ0v) is 15.8. The molecule has 0 aliphatic carbocycles. The maximum Gasteiger partial charge on any atom is 0.269 e. The summed E-state index contributed by atoms with van der Waals surface area (Å²) in [6, 6.07) is 29.3. The number of nitro groups is 1. The van der Waals surface area contributed by atoms with E-state index in [1.54, 1.807) is 12.1 Å². The SMILES string of the molecule is O=[N+]([O-])c1ccc(N/N=C(/N=Nc2cccc3ccccc23)c2ccccc2)cc1. The van der Waals surface area contributed by atoms with Crippen molar-refractivity contribution in [3.8, 4) is 0 Å². The minimum absolute atomic E-state index is 0.0171. The molecule has 0 aromatic heterocycles. The Balaban J connectivity index is 1.65.